The molecule has 0 heterocycles. The molecule has 3 atom stereocenters. The van der Waals surface area contributed by atoms with E-state index >= 15 is 0 Å². The van der Waals surface area contributed by atoms with Crippen LogP contribution in [0.3, 0.4) is 0 Å². The summed E-state index contributed by atoms with van der Waals surface area (Å²) >= 11 is 0. The van der Waals surface area contributed by atoms with E-state index in [0.29, 0.717) is 0 Å². The van der Waals surface area contributed by atoms with Crippen molar-refractivity contribution in [3.8, 4) is 0 Å². The Hall–Kier alpha value is -0.820. The predicted octanol–water partition coefficient (Wildman–Crippen LogP) is 4.82. The van der Waals surface area contributed by atoms with Crippen LogP contribution in [-0.4, -0.2) is 13.1 Å². The van der Waals surface area contributed by atoms with Crippen LogP contribution in [0.25, 0.3) is 0 Å². The summed E-state index contributed by atoms with van der Waals surface area (Å²) < 4.78 is 0. The normalized spacial score (nSPS) is 26.7. The van der Waals surface area contributed by atoms with Gasteiger partial charge >= 0.3 is 0 Å². The zero-order chi connectivity index (χ0) is 14.5. The average molecular weight is 273 g/mol. The fraction of sp³-hybridized carbons (Fsp3) is 0.684. The topological polar surface area (TPSA) is 12.0 Å². The van der Waals surface area contributed by atoms with Crippen LogP contribution in [0.15, 0.2) is 18.2 Å². The molecule has 1 nitrogen and oxygen atoms in total. The monoisotopic (exact) mass is 273 g/mol. The molecule has 1 saturated carbocycles. The Morgan fingerprint density at radius 2 is 1.95 bits per heavy atom. The molecule has 0 amide bonds. The maximum atomic E-state index is 3.65. The fourth-order valence-electron chi connectivity index (χ4n) is 3.56. The minimum absolute atomic E-state index is 0.752. The highest BCUT2D eigenvalue weighted by atomic mass is 14.9. The van der Waals surface area contributed by atoms with Crippen LogP contribution in [0.4, 0.5) is 0 Å². The van der Waals surface area contributed by atoms with E-state index < -0.39 is 0 Å². The van der Waals surface area contributed by atoms with Gasteiger partial charge in [0.1, 0.15) is 0 Å². The third kappa shape index (κ3) is 3.85. The second kappa shape index (κ2) is 7.26. The van der Waals surface area contributed by atoms with Crippen molar-refractivity contribution in [2.24, 2.45) is 11.8 Å². The molecular formula is C19H31N. The van der Waals surface area contributed by atoms with E-state index in [1.165, 1.54) is 43.4 Å². The van der Waals surface area contributed by atoms with E-state index in [1.54, 1.807) is 5.56 Å². The van der Waals surface area contributed by atoms with Gasteiger partial charge in [-0.3, -0.25) is 0 Å². The first kappa shape index (κ1) is 15.6. The summed E-state index contributed by atoms with van der Waals surface area (Å²) in [7, 11) is 0. The molecule has 1 heteroatoms. The summed E-state index contributed by atoms with van der Waals surface area (Å²) in [6.45, 7) is 11.5. The molecule has 0 aliphatic heterocycles. The van der Waals surface area contributed by atoms with Crippen LogP contribution in [0.1, 0.15) is 62.1 Å². The van der Waals surface area contributed by atoms with Crippen molar-refractivity contribution in [3.63, 3.8) is 0 Å². The summed E-state index contributed by atoms with van der Waals surface area (Å²) in [5.41, 5.74) is 4.43. The van der Waals surface area contributed by atoms with Crippen molar-refractivity contribution >= 4 is 0 Å². The van der Waals surface area contributed by atoms with Crippen molar-refractivity contribution in [1.29, 1.82) is 0 Å². The molecule has 0 saturated heterocycles. The van der Waals surface area contributed by atoms with Crippen molar-refractivity contribution in [1.82, 2.24) is 5.32 Å². The third-order valence-electron chi connectivity index (χ3n) is 5.05. The maximum absolute atomic E-state index is 3.65. The van der Waals surface area contributed by atoms with Gasteiger partial charge in [0.2, 0.25) is 0 Å². The zero-order valence-corrected chi connectivity index (χ0v) is 13.7. The van der Waals surface area contributed by atoms with E-state index in [0.717, 1.165) is 24.3 Å². The van der Waals surface area contributed by atoms with E-state index in [2.05, 4.69) is 51.2 Å². The van der Waals surface area contributed by atoms with Crippen LogP contribution < -0.4 is 5.32 Å². The molecule has 3 unspecified atom stereocenters. The van der Waals surface area contributed by atoms with Crippen molar-refractivity contribution in [2.75, 3.05) is 13.1 Å². The average Bonchev–Trinajstić information content (AvgIpc) is 2.44. The Morgan fingerprint density at radius 3 is 2.65 bits per heavy atom. The minimum Gasteiger partial charge on any atom is -0.316 e. The van der Waals surface area contributed by atoms with Crippen LogP contribution in [0.2, 0.25) is 0 Å². The zero-order valence-electron chi connectivity index (χ0n) is 13.7. The molecule has 20 heavy (non-hydrogen) atoms. The van der Waals surface area contributed by atoms with Crippen LogP contribution in [0, 0.1) is 25.7 Å². The molecule has 1 aliphatic rings. The first-order chi connectivity index (χ1) is 9.61. The fourth-order valence-corrected chi connectivity index (χ4v) is 3.56. The molecule has 2 rings (SSSR count). The van der Waals surface area contributed by atoms with E-state index in [9.17, 15) is 0 Å². The third-order valence-corrected chi connectivity index (χ3v) is 5.05. The molecule has 1 N–H and O–H groups in total. The minimum atomic E-state index is 0.752. The number of hydrogen-bond donors (Lipinski definition) is 1. The summed E-state index contributed by atoms with van der Waals surface area (Å²) in [5, 5.41) is 3.65. The number of rotatable bonds is 5. The largest absolute Gasteiger partial charge is 0.316 e. The highest BCUT2D eigenvalue weighted by molar-refractivity contribution is 5.32. The Morgan fingerprint density at radius 1 is 1.15 bits per heavy atom. The lowest BCUT2D eigenvalue weighted by Gasteiger charge is -2.36. The van der Waals surface area contributed by atoms with Gasteiger partial charge < -0.3 is 5.32 Å². The van der Waals surface area contributed by atoms with Gasteiger partial charge in [-0.05, 0) is 80.6 Å². The highest BCUT2D eigenvalue weighted by Crippen LogP contribution is 2.40. The molecule has 1 fully saturated rings. The second-order valence-electron chi connectivity index (χ2n) is 6.83. The van der Waals surface area contributed by atoms with Crippen LogP contribution in [-0.2, 0) is 0 Å². The smallest absolute Gasteiger partial charge is 0.00147 e. The van der Waals surface area contributed by atoms with Crippen molar-refractivity contribution in [3.05, 3.63) is 34.9 Å². The van der Waals surface area contributed by atoms with E-state index in [-0.39, 0.29) is 0 Å². The SMILES string of the molecule is CCCNCC1CCC(C)CC1c1ccc(C)c(C)c1. The van der Waals surface area contributed by atoms with Gasteiger partial charge in [-0.2, -0.15) is 0 Å². The Bertz CT molecular complexity index is 424. The number of nitrogens with one attached hydrogen (secondary N) is 1. The van der Waals surface area contributed by atoms with E-state index in [4.69, 9.17) is 0 Å². The lowest BCUT2D eigenvalue weighted by Crippen LogP contribution is -2.32. The summed E-state index contributed by atoms with van der Waals surface area (Å²) in [4.78, 5) is 0. The Kier molecular flexibility index (Phi) is 5.65. The van der Waals surface area contributed by atoms with Crippen LogP contribution in [0.5, 0.6) is 0 Å². The summed E-state index contributed by atoms with van der Waals surface area (Å²) in [6, 6.07) is 7.11. The van der Waals surface area contributed by atoms with Crippen molar-refractivity contribution < 1.29 is 0 Å². The molecular weight excluding hydrogens is 242 g/mol. The Balaban J connectivity index is 2.12. The molecule has 0 aromatic heterocycles. The predicted molar refractivity (Wildman–Crippen MR) is 88.3 cm³/mol. The van der Waals surface area contributed by atoms with Gasteiger partial charge in [-0.1, -0.05) is 38.5 Å². The van der Waals surface area contributed by atoms with E-state index in [1.807, 2.05) is 0 Å². The van der Waals surface area contributed by atoms with Gasteiger partial charge in [-0.25, -0.2) is 0 Å². The lowest BCUT2D eigenvalue weighted by atomic mass is 9.71. The number of hydrogen-bond acceptors (Lipinski definition) is 1. The highest BCUT2D eigenvalue weighted by Gasteiger charge is 2.29. The maximum Gasteiger partial charge on any atom is -0.00147 e. The molecule has 0 spiro atoms. The quantitative estimate of drug-likeness (QED) is 0.758. The van der Waals surface area contributed by atoms with Crippen molar-refractivity contribution in [2.45, 2.75) is 59.3 Å². The molecule has 1 aromatic rings. The first-order valence-electron chi connectivity index (χ1n) is 8.39. The standard InChI is InChI=1S/C19H31N/c1-5-10-20-13-18-8-6-14(2)11-19(18)17-9-7-15(3)16(4)12-17/h7,9,12,14,18-20H,5-6,8,10-11,13H2,1-4H3. The molecule has 112 valence electrons. The van der Waals surface area contributed by atoms with Gasteiger partial charge in [0.05, 0.1) is 0 Å². The molecule has 1 aliphatic carbocycles. The molecule has 0 bridgehead atoms. The van der Waals surface area contributed by atoms with Gasteiger partial charge in [-0.15, -0.1) is 0 Å². The number of benzene rings is 1. The summed E-state index contributed by atoms with van der Waals surface area (Å²) in [6.07, 6.45) is 5.38. The van der Waals surface area contributed by atoms with Gasteiger partial charge in [0.25, 0.3) is 0 Å². The molecule has 0 radical (unpaired) electrons. The van der Waals surface area contributed by atoms with Gasteiger partial charge in [0, 0.05) is 0 Å². The summed E-state index contributed by atoms with van der Waals surface area (Å²) in [5.74, 6) is 2.45. The molecule has 1 aromatic carbocycles. The number of aryl methyl sites for hydroxylation is 2. The Labute approximate surface area is 125 Å². The van der Waals surface area contributed by atoms with Crippen LogP contribution >= 0.6 is 0 Å². The lowest BCUT2D eigenvalue weighted by molar-refractivity contribution is 0.242. The first-order valence-corrected chi connectivity index (χ1v) is 8.39. The second-order valence-corrected chi connectivity index (χ2v) is 6.83. The van der Waals surface area contributed by atoms with Gasteiger partial charge in [0.15, 0.2) is 0 Å².